The largest absolute Gasteiger partial charge is 0.392 e. The van der Waals surface area contributed by atoms with Crippen LogP contribution in [0.3, 0.4) is 0 Å². The topological polar surface area (TPSA) is 106 Å². The number of halogens is 2. The van der Waals surface area contributed by atoms with Crippen molar-refractivity contribution in [2.24, 2.45) is 0 Å². The number of hydrogen-bond donors (Lipinski definition) is 2. The second kappa shape index (κ2) is 8.64. The van der Waals surface area contributed by atoms with Crippen molar-refractivity contribution in [3.8, 4) is 28.2 Å². The number of hydrogen-bond acceptors (Lipinski definition) is 7. The van der Waals surface area contributed by atoms with Gasteiger partial charge in [0.2, 0.25) is 0 Å². The summed E-state index contributed by atoms with van der Waals surface area (Å²) in [6.07, 6.45) is 2.19. The smallest absolute Gasteiger partial charge is 0.190 e. The first-order valence-electron chi connectivity index (χ1n) is 10.5. The average molecular weight is 449 g/mol. The molecule has 2 aromatic heterocycles. The molecule has 0 radical (unpaired) electrons. The van der Waals surface area contributed by atoms with Crippen molar-refractivity contribution < 1.29 is 13.9 Å². The quantitative estimate of drug-likeness (QED) is 0.483. The van der Waals surface area contributed by atoms with Gasteiger partial charge in [0.25, 0.3) is 0 Å². The van der Waals surface area contributed by atoms with Crippen LogP contribution < -0.4 is 5.73 Å². The van der Waals surface area contributed by atoms with Gasteiger partial charge < -0.3 is 10.8 Å². The van der Waals surface area contributed by atoms with Gasteiger partial charge in [-0.2, -0.15) is 4.68 Å². The van der Waals surface area contributed by atoms with Crippen LogP contribution in [0.2, 0.25) is 0 Å². The molecule has 0 spiro atoms. The molecule has 3 heterocycles. The van der Waals surface area contributed by atoms with E-state index >= 15 is 0 Å². The number of tetrazole rings is 1. The highest BCUT2D eigenvalue weighted by Crippen LogP contribution is 2.30. The molecule has 8 nitrogen and oxygen atoms in total. The van der Waals surface area contributed by atoms with E-state index < -0.39 is 11.6 Å². The molecule has 0 amide bonds. The molecule has 1 aliphatic heterocycles. The number of likely N-dealkylation sites (tertiary alicyclic amines) is 1. The molecule has 5 rings (SSSR count). The normalized spacial score (nSPS) is 16.4. The second-order valence-electron chi connectivity index (χ2n) is 8.02. The van der Waals surface area contributed by atoms with Crippen LogP contribution in [-0.2, 0) is 6.54 Å². The zero-order chi connectivity index (χ0) is 22.9. The molecule has 1 saturated heterocycles. The van der Waals surface area contributed by atoms with Gasteiger partial charge in [0.1, 0.15) is 11.5 Å². The standard InChI is InChI=1S/C23H21F2N7O/c24-19-2-1-3-20(21(19)25)32-23(28-29-30-32)18-10-16(11-27-22(18)26)15-6-4-14(5-7-15)12-31-9-8-17(33)13-31/h1-7,10-11,17,33H,8-9,12-13H2,(H2,26,27)/t17-/m1/s1. The van der Waals surface area contributed by atoms with Crippen molar-refractivity contribution in [2.75, 3.05) is 18.8 Å². The lowest BCUT2D eigenvalue weighted by Gasteiger charge is -2.15. The molecule has 1 fully saturated rings. The van der Waals surface area contributed by atoms with Crippen molar-refractivity contribution in [3.05, 3.63) is 71.9 Å². The maximum Gasteiger partial charge on any atom is 0.190 e. The fourth-order valence-corrected chi connectivity index (χ4v) is 4.00. The molecule has 1 atom stereocenters. The molecular weight excluding hydrogens is 428 g/mol. The lowest BCUT2D eigenvalue weighted by Crippen LogP contribution is -2.21. The number of rotatable bonds is 5. The number of nitrogens with two attached hydrogens (primary N) is 1. The zero-order valence-corrected chi connectivity index (χ0v) is 17.6. The monoisotopic (exact) mass is 449 g/mol. The lowest BCUT2D eigenvalue weighted by molar-refractivity contribution is 0.175. The van der Waals surface area contributed by atoms with E-state index in [4.69, 9.17) is 5.73 Å². The molecule has 0 aliphatic carbocycles. The van der Waals surface area contributed by atoms with Crippen LogP contribution in [0.4, 0.5) is 14.6 Å². The van der Waals surface area contributed by atoms with E-state index in [9.17, 15) is 13.9 Å². The summed E-state index contributed by atoms with van der Waals surface area (Å²) in [5.41, 5.74) is 9.18. The Morgan fingerprint density at radius 3 is 2.67 bits per heavy atom. The van der Waals surface area contributed by atoms with Crippen LogP contribution in [0.1, 0.15) is 12.0 Å². The average Bonchev–Trinajstić information content (AvgIpc) is 3.46. The SMILES string of the molecule is Nc1ncc(-c2ccc(CN3CC[C@@H](O)C3)cc2)cc1-c1nnnn1-c1cccc(F)c1F. The number of aromatic nitrogens is 5. The van der Waals surface area contributed by atoms with Crippen molar-refractivity contribution in [2.45, 2.75) is 19.1 Å². The molecule has 0 saturated carbocycles. The Balaban J connectivity index is 1.45. The molecular formula is C23H21F2N7O. The number of aliphatic hydroxyl groups excluding tert-OH is 1. The van der Waals surface area contributed by atoms with E-state index in [0.717, 1.165) is 46.9 Å². The Hall–Kier alpha value is -3.76. The fourth-order valence-electron chi connectivity index (χ4n) is 4.00. The predicted octanol–water partition coefficient (Wildman–Crippen LogP) is 2.82. The Labute approximate surface area is 188 Å². The molecule has 3 N–H and O–H groups in total. The van der Waals surface area contributed by atoms with Gasteiger partial charge >= 0.3 is 0 Å². The molecule has 168 valence electrons. The highest BCUT2D eigenvalue weighted by Gasteiger charge is 2.21. The van der Waals surface area contributed by atoms with Gasteiger partial charge in [0, 0.05) is 31.4 Å². The van der Waals surface area contributed by atoms with Gasteiger partial charge in [-0.1, -0.05) is 30.3 Å². The number of pyridine rings is 1. The van der Waals surface area contributed by atoms with Crippen molar-refractivity contribution in [1.29, 1.82) is 0 Å². The van der Waals surface area contributed by atoms with Crippen molar-refractivity contribution >= 4 is 5.82 Å². The maximum atomic E-state index is 14.4. The van der Waals surface area contributed by atoms with E-state index in [1.807, 2.05) is 24.3 Å². The molecule has 0 unspecified atom stereocenters. The van der Waals surface area contributed by atoms with Gasteiger partial charge in [-0.15, -0.1) is 5.10 Å². The Morgan fingerprint density at radius 1 is 1.09 bits per heavy atom. The minimum absolute atomic E-state index is 0.129. The third-order valence-corrected chi connectivity index (χ3v) is 5.73. The maximum absolute atomic E-state index is 14.4. The molecule has 33 heavy (non-hydrogen) atoms. The summed E-state index contributed by atoms with van der Waals surface area (Å²) in [5, 5.41) is 21.1. The first kappa shape index (κ1) is 21.1. The summed E-state index contributed by atoms with van der Waals surface area (Å²) in [7, 11) is 0. The summed E-state index contributed by atoms with van der Waals surface area (Å²) >= 11 is 0. The number of β-amino-alcohol motifs (C(OH)–C–C–N with tert-alkyl or cyclic N) is 1. The molecule has 0 bridgehead atoms. The second-order valence-corrected chi connectivity index (χ2v) is 8.02. The van der Waals surface area contributed by atoms with Gasteiger partial charge in [-0.25, -0.2) is 13.8 Å². The predicted molar refractivity (Wildman–Crippen MR) is 118 cm³/mol. The van der Waals surface area contributed by atoms with Gasteiger partial charge in [0.15, 0.2) is 17.5 Å². The van der Waals surface area contributed by atoms with E-state index in [1.54, 1.807) is 12.3 Å². The van der Waals surface area contributed by atoms with E-state index in [2.05, 4.69) is 25.4 Å². The molecule has 10 heteroatoms. The van der Waals surface area contributed by atoms with Crippen LogP contribution in [0.15, 0.2) is 54.7 Å². The molecule has 4 aromatic rings. The Morgan fingerprint density at radius 2 is 1.91 bits per heavy atom. The van der Waals surface area contributed by atoms with Gasteiger partial charge in [-0.05, 0) is 46.2 Å². The Bertz CT molecular complexity index is 1290. The summed E-state index contributed by atoms with van der Waals surface area (Å²) < 4.78 is 29.2. The first-order chi connectivity index (χ1) is 16.0. The first-order valence-corrected chi connectivity index (χ1v) is 10.5. The van der Waals surface area contributed by atoms with Crippen LogP contribution in [0, 0.1) is 11.6 Å². The van der Waals surface area contributed by atoms with Crippen LogP contribution in [0.25, 0.3) is 28.2 Å². The van der Waals surface area contributed by atoms with E-state index in [1.165, 1.54) is 12.1 Å². The van der Waals surface area contributed by atoms with Crippen molar-refractivity contribution in [1.82, 2.24) is 30.1 Å². The van der Waals surface area contributed by atoms with Gasteiger partial charge in [-0.3, -0.25) is 4.90 Å². The molecule has 1 aliphatic rings. The highest BCUT2D eigenvalue weighted by molar-refractivity contribution is 5.76. The minimum Gasteiger partial charge on any atom is -0.392 e. The summed E-state index contributed by atoms with van der Waals surface area (Å²) in [5.74, 6) is -1.75. The number of nitrogen functional groups attached to an aromatic ring is 1. The lowest BCUT2D eigenvalue weighted by atomic mass is 10.0. The third-order valence-electron chi connectivity index (χ3n) is 5.73. The van der Waals surface area contributed by atoms with E-state index in [0.29, 0.717) is 12.1 Å². The van der Waals surface area contributed by atoms with Crippen molar-refractivity contribution in [3.63, 3.8) is 0 Å². The Kier molecular flexibility index (Phi) is 5.53. The fraction of sp³-hybridized carbons (Fsp3) is 0.217. The summed E-state index contributed by atoms with van der Waals surface area (Å²) in [6, 6.07) is 13.6. The highest BCUT2D eigenvalue weighted by atomic mass is 19.2. The number of benzene rings is 2. The van der Waals surface area contributed by atoms with Crippen LogP contribution >= 0.6 is 0 Å². The van der Waals surface area contributed by atoms with Crippen LogP contribution in [0.5, 0.6) is 0 Å². The van der Waals surface area contributed by atoms with E-state index in [-0.39, 0.29) is 23.4 Å². The third kappa shape index (κ3) is 4.18. The summed E-state index contributed by atoms with van der Waals surface area (Å²) in [6.45, 7) is 2.35. The number of aliphatic hydroxyl groups is 1. The minimum atomic E-state index is -1.06. The van der Waals surface area contributed by atoms with Gasteiger partial charge in [0.05, 0.1) is 11.7 Å². The number of anilines is 1. The number of nitrogens with zero attached hydrogens (tertiary/aromatic N) is 6. The van der Waals surface area contributed by atoms with Crippen LogP contribution in [-0.4, -0.2) is 54.4 Å². The summed E-state index contributed by atoms with van der Waals surface area (Å²) in [4.78, 5) is 6.48. The molecule has 2 aromatic carbocycles. The zero-order valence-electron chi connectivity index (χ0n) is 17.6.